The van der Waals surface area contributed by atoms with E-state index in [4.69, 9.17) is 21.1 Å². The molecule has 5 heteroatoms. The van der Waals surface area contributed by atoms with Gasteiger partial charge in [0.1, 0.15) is 13.2 Å². The maximum Gasteiger partial charge on any atom is 0.255 e. The molecular formula is C19H20ClNO3. The predicted molar refractivity (Wildman–Crippen MR) is 95.6 cm³/mol. The lowest BCUT2D eigenvalue weighted by atomic mass is 10.0. The van der Waals surface area contributed by atoms with Crippen LogP contribution in [0.1, 0.15) is 35.3 Å². The van der Waals surface area contributed by atoms with E-state index in [2.05, 4.69) is 12.2 Å². The SMILES string of the molecule is CCc1ccc(Cl)c(CC)c1NC(=O)c1ccc2c(c1)OCCO2. The number of fused-ring (bicyclic) bond motifs is 1. The Balaban J connectivity index is 1.91. The number of rotatable bonds is 4. The topological polar surface area (TPSA) is 47.6 Å². The Morgan fingerprint density at radius 3 is 2.54 bits per heavy atom. The zero-order valence-electron chi connectivity index (χ0n) is 13.8. The van der Waals surface area contributed by atoms with Crippen molar-refractivity contribution in [3.63, 3.8) is 0 Å². The van der Waals surface area contributed by atoms with Crippen molar-refractivity contribution in [3.8, 4) is 11.5 Å². The number of ether oxygens (including phenoxy) is 2. The highest BCUT2D eigenvalue weighted by Crippen LogP contribution is 2.32. The molecule has 0 fully saturated rings. The summed E-state index contributed by atoms with van der Waals surface area (Å²) in [5.41, 5.74) is 3.37. The first-order chi connectivity index (χ1) is 11.6. The van der Waals surface area contributed by atoms with Crippen molar-refractivity contribution < 1.29 is 14.3 Å². The van der Waals surface area contributed by atoms with Gasteiger partial charge in [-0.25, -0.2) is 0 Å². The summed E-state index contributed by atoms with van der Waals surface area (Å²) in [6.45, 7) is 5.11. The van der Waals surface area contributed by atoms with Gasteiger partial charge in [0.15, 0.2) is 11.5 Å². The molecule has 2 aromatic carbocycles. The summed E-state index contributed by atoms with van der Waals surface area (Å²) in [5.74, 6) is 1.09. The Hall–Kier alpha value is -2.20. The maximum atomic E-state index is 12.7. The van der Waals surface area contributed by atoms with E-state index in [0.717, 1.165) is 29.7 Å². The molecule has 1 heterocycles. The van der Waals surface area contributed by atoms with E-state index in [1.165, 1.54) is 0 Å². The third-order valence-corrected chi connectivity index (χ3v) is 4.47. The van der Waals surface area contributed by atoms with Crippen molar-refractivity contribution in [3.05, 3.63) is 52.0 Å². The molecule has 0 atom stereocenters. The molecule has 126 valence electrons. The number of carbonyl (C=O) groups is 1. The number of halogens is 1. The summed E-state index contributed by atoms with van der Waals surface area (Å²) < 4.78 is 11.0. The third kappa shape index (κ3) is 3.20. The summed E-state index contributed by atoms with van der Waals surface area (Å²) in [6.07, 6.45) is 1.57. The molecule has 2 aromatic rings. The fourth-order valence-corrected chi connectivity index (χ4v) is 3.13. The van der Waals surface area contributed by atoms with E-state index in [0.29, 0.717) is 35.3 Å². The summed E-state index contributed by atoms with van der Waals surface area (Å²) in [4.78, 5) is 12.7. The van der Waals surface area contributed by atoms with Gasteiger partial charge in [-0.1, -0.05) is 31.5 Å². The first-order valence-electron chi connectivity index (χ1n) is 8.15. The smallest absolute Gasteiger partial charge is 0.255 e. The normalized spacial score (nSPS) is 12.8. The molecule has 4 nitrogen and oxygen atoms in total. The van der Waals surface area contributed by atoms with Crippen LogP contribution >= 0.6 is 11.6 Å². The van der Waals surface area contributed by atoms with Crippen LogP contribution in [0.3, 0.4) is 0 Å². The second-order valence-electron chi connectivity index (χ2n) is 5.58. The van der Waals surface area contributed by atoms with Gasteiger partial charge >= 0.3 is 0 Å². The van der Waals surface area contributed by atoms with Crippen LogP contribution in [0.25, 0.3) is 0 Å². The van der Waals surface area contributed by atoms with Gasteiger partial charge in [0.2, 0.25) is 0 Å². The minimum Gasteiger partial charge on any atom is -0.486 e. The molecule has 0 saturated heterocycles. The average molecular weight is 346 g/mol. The molecule has 0 radical (unpaired) electrons. The monoisotopic (exact) mass is 345 g/mol. The molecule has 0 bridgehead atoms. The van der Waals surface area contributed by atoms with Gasteiger partial charge < -0.3 is 14.8 Å². The molecule has 1 N–H and O–H groups in total. The van der Waals surface area contributed by atoms with Gasteiger partial charge in [-0.15, -0.1) is 0 Å². The van der Waals surface area contributed by atoms with E-state index in [1.54, 1.807) is 18.2 Å². The maximum absolute atomic E-state index is 12.7. The minimum atomic E-state index is -0.182. The Bertz CT molecular complexity index is 773. The Labute approximate surface area is 146 Å². The lowest BCUT2D eigenvalue weighted by molar-refractivity contribution is 0.102. The van der Waals surface area contributed by atoms with E-state index in [-0.39, 0.29) is 5.91 Å². The number of hydrogen-bond donors (Lipinski definition) is 1. The lowest BCUT2D eigenvalue weighted by Gasteiger charge is -2.19. The molecule has 0 saturated carbocycles. The van der Waals surface area contributed by atoms with Crippen molar-refractivity contribution in [1.29, 1.82) is 0 Å². The van der Waals surface area contributed by atoms with Gasteiger partial charge in [0.05, 0.1) is 0 Å². The van der Waals surface area contributed by atoms with Crippen LogP contribution in [0.15, 0.2) is 30.3 Å². The highest BCUT2D eigenvalue weighted by Gasteiger charge is 2.17. The zero-order chi connectivity index (χ0) is 17.1. The molecule has 1 amide bonds. The quantitative estimate of drug-likeness (QED) is 0.888. The zero-order valence-corrected chi connectivity index (χ0v) is 14.6. The van der Waals surface area contributed by atoms with Crippen molar-refractivity contribution >= 4 is 23.2 Å². The molecule has 0 unspecified atom stereocenters. The van der Waals surface area contributed by atoms with Crippen LogP contribution in [0.2, 0.25) is 5.02 Å². The van der Waals surface area contributed by atoms with Crippen LogP contribution in [0, 0.1) is 0 Å². The van der Waals surface area contributed by atoms with Crippen molar-refractivity contribution in [2.45, 2.75) is 26.7 Å². The summed E-state index contributed by atoms with van der Waals surface area (Å²) >= 11 is 6.29. The average Bonchev–Trinajstić information content (AvgIpc) is 2.61. The second-order valence-corrected chi connectivity index (χ2v) is 5.99. The second kappa shape index (κ2) is 7.14. The first kappa shape index (κ1) is 16.7. The summed E-state index contributed by atoms with van der Waals surface area (Å²) in [7, 11) is 0. The standard InChI is InChI=1S/C19H20ClNO3/c1-3-12-5-7-15(20)14(4-2)18(12)21-19(22)13-6-8-16-17(11-13)24-10-9-23-16/h5-8,11H,3-4,9-10H2,1-2H3,(H,21,22). The van der Waals surface area contributed by atoms with Gasteiger partial charge in [-0.05, 0) is 48.2 Å². The summed E-state index contributed by atoms with van der Waals surface area (Å²) in [5, 5.41) is 3.70. The van der Waals surface area contributed by atoms with Crippen LogP contribution in [-0.4, -0.2) is 19.1 Å². The van der Waals surface area contributed by atoms with Gasteiger partial charge in [-0.2, -0.15) is 0 Å². The van der Waals surface area contributed by atoms with E-state index in [1.807, 2.05) is 19.1 Å². The molecule has 1 aliphatic rings. The van der Waals surface area contributed by atoms with Crippen molar-refractivity contribution in [2.75, 3.05) is 18.5 Å². The third-order valence-electron chi connectivity index (χ3n) is 4.12. The van der Waals surface area contributed by atoms with Gasteiger partial charge in [-0.3, -0.25) is 4.79 Å². The van der Waals surface area contributed by atoms with Crippen LogP contribution in [0.4, 0.5) is 5.69 Å². The molecule has 0 aromatic heterocycles. The Morgan fingerprint density at radius 2 is 1.83 bits per heavy atom. The van der Waals surface area contributed by atoms with Crippen LogP contribution < -0.4 is 14.8 Å². The highest BCUT2D eigenvalue weighted by molar-refractivity contribution is 6.32. The fraction of sp³-hybridized carbons (Fsp3) is 0.316. The largest absolute Gasteiger partial charge is 0.486 e. The van der Waals surface area contributed by atoms with Crippen LogP contribution in [-0.2, 0) is 12.8 Å². The fourth-order valence-electron chi connectivity index (χ4n) is 2.84. The lowest BCUT2D eigenvalue weighted by Crippen LogP contribution is -2.18. The molecule has 0 spiro atoms. The number of nitrogens with one attached hydrogen (secondary N) is 1. The minimum absolute atomic E-state index is 0.182. The summed E-state index contributed by atoms with van der Waals surface area (Å²) in [6, 6.07) is 9.07. The molecule has 1 aliphatic heterocycles. The van der Waals surface area contributed by atoms with E-state index in [9.17, 15) is 4.79 Å². The number of anilines is 1. The number of carbonyl (C=O) groups excluding carboxylic acids is 1. The molecule has 24 heavy (non-hydrogen) atoms. The highest BCUT2D eigenvalue weighted by atomic mass is 35.5. The number of aryl methyl sites for hydroxylation is 1. The Morgan fingerprint density at radius 1 is 1.08 bits per heavy atom. The first-order valence-corrected chi connectivity index (χ1v) is 8.53. The number of hydrogen-bond acceptors (Lipinski definition) is 3. The number of benzene rings is 2. The van der Waals surface area contributed by atoms with Gasteiger partial charge in [0, 0.05) is 16.3 Å². The molecular weight excluding hydrogens is 326 g/mol. The molecule has 3 rings (SSSR count). The van der Waals surface area contributed by atoms with Crippen molar-refractivity contribution in [1.82, 2.24) is 0 Å². The predicted octanol–water partition coefficient (Wildman–Crippen LogP) is 4.49. The van der Waals surface area contributed by atoms with E-state index < -0.39 is 0 Å². The van der Waals surface area contributed by atoms with E-state index >= 15 is 0 Å². The van der Waals surface area contributed by atoms with Crippen molar-refractivity contribution in [2.24, 2.45) is 0 Å². The van der Waals surface area contributed by atoms with Gasteiger partial charge in [0.25, 0.3) is 5.91 Å². The molecule has 0 aliphatic carbocycles. The number of amides is 1. The Kier molecular flexibility index (Phi) is 4.95. The van der Waals surface area contributed by atoms with Crippen LogP contribution in [0.5, 0.6) is 11.5 Å².